The minimum absolute atomic E-state index is 0.221. The van der Waals surface area contributed by atoms with E-state index in [0.29, 0.717) is 0 Å². The summed E-state index contributed by atoms with van der Waals surface area (Å²) in [7, 11) is 3.27. The topological polar surface area (TPSA) is 38.7 Å². The van der Waals surface area contributed by atoms with Crippen molar-refractivity contribution in [1.82, 2.24) is 0 Å². The summed E-state index contributed by atoms with van der Waals surface area (Å²) in [5.74, 6) is 1.72. The van der Waals surface area contributed by atoms with Gasteiger partial charge in [-0.2, -0.15) is 0 Å². The second kappa shape index (κ2) is 5.41. The Labute approximate surface area is 102 Å². The van der Waals surface area contributed by atoms with Gasteiger partial charge in [-0.05, 0) is 30.5 Å². The number of hydrogen-bond acceptors (Lipinski definition) is 3. The highest BCUT2D eigenvalue weighted by atomic mass is 16.5. The molecule has 3 nitrogen and oxygen atoms in total. The third kappa shape index (κ3) is 2.55. The predicted octanol–water partition coefficient (Wildman–Crippen LogP) is 2.72. The summed E-state index contributed by atoms with van der Waals surface area (Å²) in [5, 5.41) is 10.0. The Morgan fingerprint density at radius 1 is 1.06 bits per heavy atom. The Morgan fingerprint density at radius 3 is 2.41 bits per heavy atom. The maximum atomic E-state index is 10.0. The van der Waals surface area contributed by atoms with Crippen molar-refractivity contribution in [3.05, 3.63) is 23.8 Å². The van der Waals surface area contributed by atoms with Crippen LogP contribution in [0.2, 0.25) is 0 Å². The molecule has 1 aromatic rings. The molecule has 3 heteroatoms. The van der Waals surface area contributed by atoms with Gasteiger partial charge in [-0.15, -0.1) is 0 Å². The molecule has 1 aliphatic rings. The molecule has 0 bridgehead atoms. The van der Waals surface area contributed by atoms with E-state index in [9.17, 15) is 5.11 Å². The molecule has 0 aromatic heterocycles. The Hall–Kier alpha value is -1.22. The van der Waals surface area contributed by atoms with Crippen molar-refractivity contribution >= 4 is 0 Å². The van der Waals surface area contributed by atoms with E-state index >= 15 is 0 Å². The molecule has 0 unspecified atom stereocenters. The number of ether oxygens (including phenoxy) is 2. The number of rotatable bonds is 3. The molecule has 0 spiro atoms. The Balaban J connectivity index is 2.25. The third-order valence-electron chi connectivity index (χ3n) is 3.57. The molecule has 1 aromatic carbocycles. The second-order valence-electron chi connectivity index (χ2n) is 4.57. The van der Waals surface area contributed by atoms with Crippen molar-refractivity contribution in [2.24, 2.45) is 0 Å². The van der Waals surface area contributed by atoms with Gasteiger partial charge in [0, 0.05) is 5.92 Å². The van der Waals surface area contributed by atoms with Crippen LogP contribution < -0.4 is 9.47 Å². The molecule has 0 amide bonds. The Bertz CT molecular complexity index is 376. The quantitative estimate of drug-likeness (QED) is 0.877. The summed E-state index contributed by atoms with van der Waals surface area (Å²) in [5.41, 5.74) is 1.15. The Morgan fingerprint density at radius 2 is 1.76 bits per heavy atom. The van der Waals surface area contributed by atoms with E-state index in [0.717, 1.165) is 36.3 Å². The van der Waals surface area contributed by atoms with Crippen molar-refractivity contribution < 1.29 is 14.6 Å². The smallest absolute Gasteiger partial charge is 0.160 e. The molecule has 2 atom stereocenters. The van der Waals surface area contributed by atoms with Crippen LogP contribution in [0, 0.1) is 0 Å². The molecule has 0 saturated heterocycles. The number of hydrogen-bond donors (Lipinski definition) is 1. The van der Waals surface area contributed by atoms with Gasteiger partial charge in [0.25, 0.3) is 0 Å². The minimum Gasteiger partial charge on any atom is -0.493 e. The molecule has 17 heavy (non-hydrogen) atoms. The summed E-state index contributed by atoms with van der Waals surface area (Å²) in [4.78, 5) is 0. The molecule has 1 N–H and O–H groups in total. The van der Waals surface area contributed by atoms with E-state index in [4.69, 9.17) is 9.47 Å². The van der Waals surface area contributed by atoms with E-state index in [1.165, 1.54) is 6.42 Å². The van der Waals surface area contributed by atoms with Crippen molar-refractivity contribution in [2.75, 3.05) is 14.2 Å². The van der Waals surface area contributed by atoms with Crippen LogP contribution in [0.15, 0.2) is 18.2 Å². The van der Waals surface area contributed by atoms with Crippen LogP contribution in [0.4, 0.5) is 0 Å². The highest BCUT2D eigenvalue weighted by molar-refractivity contribution is 5.44. The van der Waals surface area contributed by atoms with Crippen molar-refractivity contribution in [3.63, 3.8) is 0 Å². The summed E-state index contributed by atoms with van der Waals surface area (Å²) in [6.07, 6.45) is 4.05. The standard InChI is InChI=1S/C14H20O3/c1-16-13-8-7-10(9-14(13)17-2)11-5-3-4-6-12(11)15/h7-9,11-12,15H,3-6H2,1-2H3/t11-,12+/m1/s1. The van der Waals surface area contributed by atoms with Crippen LogP contribution in [-0.4, -0.2) is 25.4 Å². The van der Waals surface area contributed by atoms with Gasteiger partial charge in [-0.25, -0.2) is 0 Å². The van der Waals surface area contributed by atoms with Crippen LogP contribution in [0.5, 0.6) is 11.5 Å². The maximum absolute atomic E-state index is 10.0. The predicted molar refractivity (Wildman–Crippen MR) is 66.8 cm³/mol. The van der Waals surface area contributed by atoms with Crippen LogP contribution in [0.1, 0.15) is 37.2 Å². The molecule has 94 valence electrons. The van der Waals surface area contributed by atoms with E-state index in [1.807, 2.05) is 18.2 Å². The molecular formula is C14H20O3. The van der Waals surface area contributed by atoms with Crippen LogP contribution in [-0.2, 0) is 0 Å². The average Bonchev–Trinajstić information content (AvgIpc) is 2.38. The average molecular weight is 236 g/mol. The summed E-state index contributed by atoms with van der Waals surface area (Å²) in [6.45, 7) is 0. The van der Waals surface area contributed by atoms with Gasteiger partial charge < -0.3 is 14.6 Å². The summed E-state index contributed by atoms with van der Waals surface area (Å²) < 4.78 is 10.5. The zero-order chi connectivity index (χ0) is 12.3. The van der Waals surface area contributed by atoms with E-state index in [2.05, 4.69) is 0 Å². The van der Waals surface area contributed by atoms with E-state index < -0.39 is 0 Å². The van der Waals surface area contributed by atoms with Crippen LogP contribution in [0.25, 0.3) is 0 Å². The van der Waals surface area contributed by atoms with Crippen molar-refractivity contribution in [3.8, 4) is 11.5 Å². The lowest BCUT2D eigenvalue weighted by Crippen LogP contribution is -2.22. The monoisotopic (exact) mass is 236 g/mol. The molecule has 1 fully saturated rings. The number of aliphatic hydroxyl groups is 1. The molecule has 1 saturated carbocycles. The van der Waals surface area contributed by atoms with Gasteiger partial charge in [-0.1, -0.05) is 18.9 Å². The molecule has 0 heterocycles. The van der Waals surface area contributed by atoms with Crippen molar-refractivity contribution in [1.29, 1.82) is 0 Å². The SMILES string of the molecule is COc1ccc([C@H]2CCCC[C@@H]2O)cc1OC. The van der Waals surface area contributed by atoms with Gasteiger partial charge in [0.2, 0.25) is 0 Å². The maximum Gasteiger partial charge on any atom is 0.160 e. The van der Waals surface area contributed by atoms with Gasteiger partial charge in [-0.3, -0.25) is 0 Å². The summed E-state index contributed by atoms with van der Waals surface area (Å²) >= 11 is 0. The minimum atomic E-state index is -0.221. The van der Waals surface area contributed by atoms with Crippen molar-refractivity contribution in [2.45, 2.75) is 37.7 Å². The molecule has 0 aliphatic heterocycles. The molecule has 2 rings (SSSR count). The van der Waals surface area contributed by atoms with E-state index in [-0.39, 0.29) is 12.0 Å². The lowest BCUT2D eigenvalue weighted by molar-refractivity contribution is 0.106. The lowest BCUT2D eigenvalue weighted by Gasteiger charge is -2.28. The lowest BCUT2D eigenvalue weighted by atomic mass is 9.82. The van der Waals surface area contributed by atoms with E-state index in [1.54, 1.807) is 14.2 Å². The Kier molecular flexibility index (Phi) is 3.89. The molecule has 1 aliphatic carbocycles. The van der Waals surface area contributed by atoms with Gasteiger partial charge in [0.15, 0.2) is 11.5 Å². The van der Waals surface area contributed by atoms with Gasteiger partial charge >= 0.3 is 0 Å². The highest BCUT2D eigenvalue weighted by Gasteiger charge is 2.25. The first-order valence-corrected chi connectivity index (χ1v) is 6.16. The first-order valence-electron chi connectivity index (χ1n) is 6.16. The fourth-order valence-electron chi connectivity index (χ4n) is 2.58. The van der Waals surface area contributed by atoms with Gasteiger partial charge in [0.05, 0.1) is 20.3 Å². The number of benzene rings is 1. The fourth-order valence-corrected chi connectivity index (χ4v) is 2.58. The first kappa shape index (κ1) is 12.2. The normalized spacial score (nSPS) is 24.4. The fraction of sp³-hybridized carbons (Fsp3) is 0.571. The number of aliphatic hydroxyl groups excluding tert-OH is 1. The number of methoxy groups -OCH3 is 2. The molecule has 0 radical (unpaired) electrons. The van der Waals surface area contributed by atoms with Gasteiger partial charge in [0.1, 0.15) is 0 Å². The largest absolute Gasteiger partial charge is 0.493 e. The molecular weight excluding hydrogens is 216 g/mol. The highest BCUT2D eigenvalue weighted by Crippen LogP contribution is 2.37. The second-order valence-corrected chi connectivity index (χ2v) is 4.57. The van der Waals surface area contributed by atoms with Crippen LogP contribution >= 0.6 is 0 Å². The van der Waals surface area contributed by atoms with Crippen LogP contribution in [0.3, 0.4) is 0 Å². The first-order chi connectivity index (χ1) is 8.26. The zero-order valence-corrected chi connectivity index (χ0v) is 10.5. The third-order valence-corrected chi connectivity index (χ3v) is 3.57. The summed E-state index contributed by atoms with van der Waals surface area (Å²) in [6, 6.07) is 5.92. The zero-order valence-electron chi connectivity index (χ0n) is 10.5.